The number of benzene rings is 1. The van der Waals surface area contributed by atoms with Gasteiger partial charge >= 0.3 is 0 Å². The Kier molecular flexibility index (Phi) is 6.63. The molecule has 1 aromatic carbocycles. The lowest BCUT2D eigenvalue weighted by atomic mass is 10.1. The van der Waals surface area contributed by atoms with Gasteiger partial charge in [-0.15, -0.1) is 11.8 Å². The van der Waals surface area contributed by atoms with Crippen molar-refractivity contribution in [2.45, 2.75) is 31.8 Å². The molecule has 0 saturated carbocycles. The first-order chi connectivity index (χ1) is 8.17. The van der Waals surface area contributed by atoms with Crippen LogP contribution in [0.15, 0.2) is 29.2 Å². The van der Waals surface area contributed by atoms with E-state index in [2.05, 4.69) is 30.9 Å². The number of hydrogen-bond acceptors (Lipinski definition) is 3. The Morgan fingerprint density at radius 1 is 1.29 bits per heavy atom. The first-order valence-electron chi connectivity index (χ1n) is 6.30. The molecule has 0 amide bonds. The maximum atomic E-state index is 9.52. The van der Waals surface area contributed by atoms with Gasteiger partial charge in [0.05, 0.1) is 6.10 Å². The summed E-state index contributed by atoms with van der Waals surface area (Å²) in [6.45, 7) is 9.55. The van der Waals surface area contributed by atoms with Crippen LogP contribution < -0.4 is 0 Å². The quantitative estimate of drug-likeness (QED) is 0.755. The average molecular weight is 253 g/mol. The van der Waals surface area contributed by atoms with Crippen LogP contribution in [0.4, 0.5) is 0 Å². The van der Waals surface area contributed by atoms with E-state index < -0.39 is 0 Å². The SMILES string of the molecule is CCN(CC)CCSc1cccc(C(C)O)c1. The van der Waals surface area contributed by atoms with Crippen molar-refractivity contribution in [2.24, 2.45) is 0 Å². The van der Waals surface area contributed by atoms with Gasteiger partial charge < -0.3 is 10.0 Å². The van der Waals surface area contributed by atoms with Crippen molar-refractivity contribution in [1.29, 1.82) is 0 Å². The van der Waals surface area contributed by atoms with Gasteiger partial charge in [-0.2, -0.15) is 0 Å². The minimum atomic E-state index is -0.377. The molecule has 0 aliphatic rings. The number of thioether (sulfide) groups is 1. The fourth-order valence-electron chi connectivity index (χ4n) is 1.70. The molecule has 0 aliphatic carbocycles. The summed E-state index contributed by atoms with van der Waals surface area (Å²) in [5, 5.41) is 9.52. The molecule has 1 atom stereocenters. The van der Waals surface area contributed by atoms with Gasteiger partial charge in [-0.3, -0.25) is 0 Å². The molecule has 0 saturated heterocycles. The van der Waals surface area contributed by atoms with Crippen molar-refractivity contribution in [1.82, 2.24) is 4.90 Å². The van der Waals surface area contributed by atoms with E-state index in [4.69, 9.17) is 0 Å². The highest BCUT2D eigenvalue weighted by molar-refractivity contribution is 7.99. The standard InChI is InChI=1S/C14H23NOS/c1-4-15(5-2)9-10-17-14-8-6-7-13(11-14)12(3)16/h6-8,11-12,16H,4-5,9-10H2,1-3H3. The van der Waals surface area contributed by atoms with Crippen molar-refractivity contribution in [2.75, 3.05) is 25.4 Å². The molecule has 0 bridgehead atoms. The van der Waals surface area contributed by atoms with Crippen molar-refractivity contribution in [3.8, 4) is 0 Å². The van der Waals surface area contributed by atoms with Crippen molar-refractivity contribution < 1.29 is 5.11 Å². The van der Waals surface area contributed by atoms with Crippen LogP contribution in [0.25, 0.3) is 0 Å². The van der Waals surface area contributed by atoms with Crippen LogP contribution in [-0.4, -0.2) is 35.4 Å². The van der Waals surface area contributed by atoms with E-state index in [1.165, 1.54) is 4.90 Å². The largest absolute Gasteiger partial charge is 0.389 e. The fraction of sp³-hybridized carbons (Fsp3) is 0.571. The number of aliphatic hydroxyl groups is 1. The van der Waals surface area contributed by atoms with E-state index in [0.717, 1.165) is 31.0 Å². The molecule has 17 heavy (non-hydrogen) atoms. The number of hydrogen-bond donors (Lipinski definition) is 1. The van der Waals surface area contributed by atoms with E-state index in [-0.39, 0.29) is 6.10 Å². The predicted molar refractivity (Wildman–Crippen MR) is 75.6 cm³/mol. The lowest BCUT2D eigenvalue weighted by Gasteiger charge is -2.17. The van der Waals surface area contributed by atoms with Crippen LogP contribution in [0.1, 0.15) is 32.4 Å². The summed E-state index contributed by atoms with van der Waals surface area (Å²) in [5.74, 6) is 1.10. The molecule has 0 aliphatic heterocycles. The van der Waals surface area contributed by atoms with Gasteiger partial charge in [-0.1, -0.05) is 26.0 Å². The van der Waals surface area contributed by atoms with E-state index in [0.29, 0.717) is 0 Å². The Hall–Kier alpha value is -0.510. The summed E-state index contributed by atoms with van der Waals surface area (Å²) in [4.78, 5) is 3.67. The number of aliphatic hydroxyl groups excluding tert-OH is 1. The van der Waals surface area contributed by atoms with Gasteiger partial charge in [0.1, 0.15) is 0 Å². The summed E-state index contributed by atoms with van der Waals surface area (Å²) in [6.07, 6.45) is -0.377. The molecule has 1 rings (SSSR count). The van der Waals surface area contributed by atoms with Gasteiger partial charge in [0.15, 0.2) is 0 Å². The first kappa shape index (κ1) is 14.6. The molecule has 0 aromatic heterocycles. The van der Waals surface area contributed by atoms with Gasteiger partial charge in [0, 0.05) is 17.2 Å². The van der Waals surface area contributed by atoms with Gasteiger partial charge in [0.2, 0.25) is 0 Å². The second kappa shape index (κ2) is 7.75. The molecular formula is C14H23NOS. The smallest absolute Gasteiger partial charge is 0.0762 e. The third-order valence-corrected chi connectivity index (χ3v) is 3.89. The zero-order valence-electron chi connectivity index (χ0n) is 11.0. The molecule has 1 N–H and O–H groups in total. The minimum absolute atomic E-state index is 0.377. The summed E-state index contributed by atoms with van der Waals surface area (Å²) >= 11 is 1.86. The molecule has 0 fully saturated rings. The van der Waals surface area contributed by atoms with Crippen molar-refractivity contribution in [3.05, 3.63) is 29.8 Å². The van der Waals surface area contributed by atoms with Crippen LogP contribution >= 0.6 is 11.8 Å². The first-order valence-corrected chi connectivity index (χ1v) is 7.29. The van der Waals surface area contributed by atoms with Crippen LogP contribution in [0.5, 0.6) is 0 Å². The molecule has 0 spiro atoms. The molecule has 0 radical (unpaired) electrons. The molecule has 96 valence electrons. The molecule has 1 unspecified atom stereocenters. The lowest BCUT2D eigenvalue weighted by molar-refractivity contribution is 0.199. The topological polar surface area (TPSA) is 23.5 Å². The molecule has 0 heterocycles. The fourth-order valence-corrected chi connectivity index (χ4v) is 2.68. The normalized spacial score (nSPS) is 13.0. The Labute approximate surface area is 109 Å². The van der Waals surface area contributed by atoms with Crippen LogP contribution in [0, 0.1) is 0 Å². The van der Waals surface area contributed by atoms with E-state index in [1.807, 2.05) is 23.9 Å². The van der Waals surface area contributed by atoms with E-state index in [9.17, 15) is 5.11 Å². The second-order valence-corrected chi connectivity index (χ2v) is 5.29. The summed E-state index contributed by atoms with van der Waals surface area (Å²) < 4.78 is 0. The van der Waals surface area contributed by atoms with Crippen LogP contribution in [0.2, 0.25) is 0 Å². The second-order valence-electron chi connectivity index (χ2n) is 4.12. The number of nitrogens with zero attached hydrogens (tertiary/aromatic N) is 1. The predicted octanol–water partition coefficient (Wildman–Crippen LogP) is 3.17. The maximum Gasteiger partial charge on any atom is 0.0762 e. The third kappa shape index (κ3) is 5.11. The Morgan fingerprint density at radius 2 is 2.00 bits per heavy atom. The highest BCUT2D eigenvalue weighted by Gasteiger charge is 2.03. The minimum Gasteiger partial charge on any atom is -0.389 e. The lowest BCUT2D eigenvalue weighted by Crippen LogP contribution is -2.25. The molecule has 2 nitrogen and oxygen atoms in total. The van der Waals surface area contributed by atoms with Gasteiger partial charge in [-0.05, 0) is 37.7 Å². The third-order valence-electron chi connectivity index (χ3n) is 2.91. The molecule has 3 heteroatoms. The Balaban J connectivity index is 2.43. The van der Waals surface area contributed by atoms with Crippen LogP contribution in [-0.2, 0) is 0 Å². The van der Waals surface area contributed by atoms with E-state index >= 15 is 0 Å². The zero-order valence-corrected chi connectivity index (χ0v) is 11.8. The Bertz CT molecular complexity index is 324. The van der Waals surface area contributed by atoms with Crippen molar-refractivity contribution >= 4 is 11.8 Å². The maximum absolute atomic E-state index is 9.52. The average Bonchev–Trinajstić information content (AvgIpc) is 2.35. The van der Waals surface area contributed by atoms with Crippen molar-refractivity contribution in [3.63, 3.8) is 0 Å². The monoisotopic (exact) mass is 253 g/mol. The highest BCUT2D eigenvalue weighted by atomic mass is 32.2. The van der Waals surface area contributed by atoms with Gasteiger partial charge in [-0.25, -0.2) is 0 Å². The summed E-state index contributed by atoms with van der Waals surface area (Å²) in [5.41, 5.74) is 0.998. The van der Waals surface area contributed by atoms with E-state index in [1.54, 1.807) is 6.92 Å². The molecule has 1 aromatic rings. The molecular weight excluding hydrogens is 230 g/mol. The summed E-state index contributed by atoms with van der Waals surface area (Å²) in [7, 11) is 0. The number of rotatable bonds is 7. The summed E-state index contributed by atoms with van der Waals surface area (Å²) in [6, 6.07) is 8.18. The highest BCUT2D eigenvalue weighted by Crippen LogP contribution is 2.22. The van der Waals surface area contributed by atoms with Crippen LogP contribution in [0.3, 0.4) is 0 Å². The zero-order chi connectivity index (χ0) is 12.7. The Morgan fingerprint density at radius 3 is 2.59 bits per heavy atom. The van der Waals surface area contributed by atoms with Gasteiger partial charge in [0.25, 0.3) is 0 Å².